The van der Waals surface area contributed by atoms with Crippen LogP contribution in [0.15, 0.2) is 30.3 Å². The van der Waals surface area contributed by atoms with Crippen molar-refractivity contribution in [2.24, 2.45) is 5.41 Å². The van der Waals surface area contributed by atoms with E-state index in [-0.39, 0.29) is 24.0 Å². The Hall–Kier alpha value is -1.39. The number of anilines is 1. The number of nitrogens with one attached hydrogen (secondary N) is 2. The first-order valence-corrected chi connectivity index (χ1v) is 6.85. The highest BCUT2D eigenvalue weighted by Gasteiger charge is 2.41. The highest BCUT2D eigenvalue weighted by Crippen LogP contribution is 2.47. The molecule has 104 valence electrons. The molecule has 1 aliphatic carbocycles. The zero-order chi connectivity index (χ0) is 13.7. The molecule has 4 heteroatoms. The summed E-state index contributed by atoms with van der Waals surface area (Å²) in [6, 6.07) is 9.24. The van der Waals surface area contributed by atoms with E-state index in [2.05, 4.69) is 10.6 Å². The van der Waals surface area contributed by atoms with Crippen molar-refractivity contribution in [2.45, 2.75) is 32.2 Å². The number of benzene rings is 1. The minimum Gasteiger partial charge on any atom is -0.396 e. The molecule has 0 spiro atoms. The molecule has 3 N–H and O–H groups in total. The quantitative estimate of drug-likeness (QED) is 0.702. The summed E-state index contributed by atoms with van der Waals surface area (Å²) in [7, 11) is 0. The molecule has 0 aliphatic heterocycles. The van der Waals surface area contributed by atoms with E-state index >= 15 is 0 Å². The Balaban J connectivity index is 1.77. The van der Waals surface area contributed by atoms with E-state index in [0.29, 0.717) is 0 Å². The fraction of sp³-hybridized carbons (Fsp3) is 0.533. The molecule has 1 saturated carbocycles. The third kappa shape index (κ3) is 4.04. The second-order valence-electron chi connectivity index (χ2n) is 5.43. The minimum atomic E-state index is -0.226. The van der Waals surface area contributed by atoms with Crippen LogP contribution in [0.2, 0.25) is 0 Å². The Bertz CT molecular complexity index is 415. The molecule has 1 aliphatic rings. The van der Waals surface area contributed by atoms with E-state index in [9.17, 15) is 4.79 Å². The Kier molecular flexibility index (Phi) is 4.56. The van der Waals surface area contributed by atoms with Crippen molar-refractivity contribution in [1.29, 1.82) is 0 Å². The molecular weight excluding hydrogens is 240 g/mol. The van der Waals surface area contributed by atoms with Crippen molar-refractivity contribution in [3.05, 3.63) is 30.3 Å². The Morgan fingerprint density at radius 2 is 2.05 bits per heavy atom. The predicted molar refractivity (Wildman–Crippen MR) is 75.9 cm³/mol. The van der Waals surface area contributed by atoms with Gasteiger partial charge in [0.25, 0.3) is 0 Å². The molecule has 1 unspecified atom stereocenters. The Labute approximate surface area is 114 Å². The predicted octanol–water partition coefficient (Wildman–Crippen LogP) is 1.77. The van der Waals surface area contributed by atoms with Gasteiger partial charge in [0.1, 0.15) is 0 Å². The van der Waals surface area contributed by atoms with Gasteiger partial charge < -0.3 is 15.7 Å². The highest BCUT2D eigenvalue weighted by atomic mass is 16.3. The van der Waals surface area contributed by atoms with E-state index in [1.807, 2.05) is 37.3 Å². The van der Waals surface area contributed by atoms with Crippen LogP contribution in [0.4, 0.5) is 5.69 Å². The first kappa shape index (κ1) is 14.0. The number of carbonyl (C=O) groups is 1. The van der Waals surface area contributed by atoms with Crippen molar-refractivity contribution in [3.63, 3.8) is 0 Å². The lowest BCUT2D eigenvalue weighted by atomic mass is 10.0. The fourth-order valence-corrected chi connectivity index (χ4v) is 2.16. The van der Waals surface area contributed by atoms with Crippen LogP contribution in [-0.2, 0) is 4.79 Å². The van der Waals surface area contributed by atoms with Crippen molar-refractivity contribution in [1.82, 2.24) is 5.32 Å². The third-order valence-electron chi connectivity index (χ3n) is 3.82. The maximum atomic E-state index is 12.0. The summed E-state index contributed by atoms with van der Waals surface area (Å²) in [4.78, 5) is 12.0. The van der Waals surface area contributed by atoms with Crippen LogP contribution in [0.3, 0.4) is 0 Å². The van der Waals surface area contributed by atoms with Crippen LogP contribution in [0.25, 0.3) is 0 Å². The number of carbonyl (C=O) groups excluding carboxylic acids is 1. The van der Waals surface area contributed by atoms with Gasteiger partial charge in [-0.15, -0.1) is 0 Å². The lowest BCUT2D eigenvalue weighted by Gasteiger charge is -2.19. The fourth-order valence-electron chi connectivity index (χ4n) is 2.16. The van der Waals surface area contributed by atoms with Crippen LogP contribution in [0.5, 0.6) is 0 Å². The molecule has 19 heavy (non-hydrogen) atoms. The minimum absolute atomic E-state index is 0.0222. The van der Waals surface area contributed by atoms with Crippen molar-refractivity contribution >= 4 is 11.6 Å². The Morgan fingerprint density at radius 3 is 2.63 bits per heavy atom. The molecule has 4 nitrogen and oxygen atoms in total. The van der Waals surface area contributed by atoms with Gasteiger partial charge in [-0.3, -0.25) is 4.79 Å². The number of hydrogen-bond acceptors (Lipinski definition) is 3. The first-order chi connectivity index (χ1) is 9.15. The van der Waals surface area contributed by atoms with Gasteiger partial charge in [0.15, 0.2) is 0 Å². The second-order valence-corrected chi connectivity index (χ2v) is 5.43. The molecule has 0 bridgehead atoms. The van der Waals surface area contributed by atoms with Crippen LogP contribution in [0.1, 0.15) is 26.2 Å². The molecule has 0 saturated heterocycles. The maximum Gasteiger partial charge on any atom is 0.241 e. The summed E-state index contributed by atoms with van der Waals surface area (Å²) >= 11 is 0. The van der Waals surface area contributed by atoms with Gasteiger partial charge in [-0.25, -0.2) is 0 Å². The summed E-state index contributed by atoms with van der Waals surface area (Å²) < 4.78 is 0. The lowest BCUT2D eigenvalue weighted by molar-refractivity contribution is -0.117. The van der Waals surface area contributed by atoms with Crippen LogP contribution in [-0.4, -0.2) is 30.2 Å². The number of aliphatic hydroxyl groups is 1. The monoisotopic (exact) mass is 262 g/mol. The van der Waals surface area contributed by atoms with E-state index in [4.69, 9.17) is 5.11 Å². The smallest absolute Gasteiger partial charge is 0.241 e. The first-order valence-electron chi connectivity index (χ1n) is 6.85. The SMILES string of the molecule is CC(NCC1(CCO)CC1)C(=O)Nc1ccccc1. The van der Waals surface area contributed by atoms with Gasteiger partial charge in [0.05, 0.1) is 6.04 Å². The van der Waals surface area contributed by atoms with Crippen LogP contribution in [0, 0.1) is 5.41 Å². The van der Waals surface area contributed by atoms with E-state index in [0.717, 1.165) is 31.5 Å². The molecule has 1 atom stereocenters. The van der Waals surface area contributed by atoms with E-state index in [1.165, 1.54) is 0 Å². The molecule has 1 amide bonds. The summed E-state index contributed by atoms with van der Waals surface area (Å²) in [6.07, 6.45) is 3.12. The van der Waals surface area contributed by atoms with Crippen LogP contribution < -0.4 is 10.6 Å². The van der Waals surface area contributed by atoms with Gasteiger partial charge in [0, 0.05) is 18.8 Å². The largest absolute Gasteiger partial charge is 0.396 e. The number of para-hydroxylation sites is 1. The zero-order valence-corrected chi connectivity index (χ0v) is 11.4. The van der Waals surface area contributed by atoms with Crippen LogP contribution >= 0.6 is 0 Å². The molecule has 0 aromatic heterocycles. The van der Waals surface area contributed by atoms with E-state index in [1.54, 1.807) is 0 Å². The average Bonchev–Trinajstić information content (AvgIpc) is 3.18. The van der Waals surface area contributed by atoms with Crippen molar-refractivity contribution in [3.8, 4) is 0 Å². The normalized spacial score (nSPS) is 17.8. The van der Waals surface area contributed by atoms with Gasteiger partial charge in [0.2, 0.25) is 5.91 Å². The number of aliphatic hydroxyl groups excluding tert-OH is 1. The van der Waals surface area contributed by atoms with Crippen molar-refractivity contribution < 1.29 is 9.90 Å². The standard InChI is InChI=1S/C15H22N2O2/c1-12(16-11-15(7-8-15)9-10-18)14(19)17-13-5-3-2-4-6-13/h2-6,12,16,18H,7-11H2,1H3,(H,17,19). The van der Waals surface area contributed by atoms with Gasteiger partial charge >= 0.3 is 0 Å². The summed E-state index contributed by atoms with van der Waals surface area (Å²) in [5, 5.41) is 15.2. The average molecular weight is 262 g/mol. The molecule has 1 aromatic rings. The van der Waals surface area contributed by atoms with Crippen molar-refractivity contribution in [2.75, 3.05) is 18.5 Å². The summed E-state index contributed by atoms with van der Waals surface area (Å²) in [5.74, 6) is -0.0222. The van der Waals surface area contributed by atoms with Gasteiger partial charge in [-0.05, 0) is 43.7 Å². The molecule has 0 radical (unpaired) electrons. The zero-order valence-electron chi connectivity index (χ0n) is 11.4. The van der Waals surface area contributed by atoms with Gasteiger partial charge in [-0.1, -0.05) is 18.2 Å². The number of hydrogen-bond donors (Lipinski definition) is 3. The molecule has 1 aromatic carbocycles. The lowest BCUT2D eigenvalue weighted by Crippen LogP contribution is -2.41. The third-order valence-corrected chi connectivity index (χ3v) is 3.82. The maximum absolute atomic E-state index is 12.0. The molecule has 1 fully saturated rings. The Morgan fingerprint density at radius 1 is 1.37 bits per heavy atom. The van der Waals surface area contributed by atoms with E-state index < -0.39 is 0 Å². The topological polar surface area (TPSA) is 61.4 Å². The number of rotatable bonds is 7. The molecular formula is C15H22N2O2. The second kappa shape index (κ2) is 6.17. The molecule has 0 heterocycles. The summed E-state index contributed by atoms with van der Waals surface area (Å²) in [6.45, 7) is 2.90. The van der Waals surface area contributed by atoms with Gasteiger partial charge in [-0.2, -0.15) is 0 Å². The summed E-state index contributed by atoms with van der Waals surface area (Å²) in [5.41, 5.74) is 1.05. The highest BCUT2D eigenvalue weighted by molar-refractivity contribution is 5.94. The number of amides is 1. The molecule has 2 rings (SSSR count).